The fourth-order valence-corrected chi connectivity index (χ4v) is 3.35. The number of esters is 1. The minimum atomic E-state index is -0.728. The van der Waals surface area contributed by atoms with Crippen LogP contribution in [0.2, 0.25) is 0 Å². The van der Waals surface area contributed by atoms with Crippen LogP contribution in [0.15, 0.2) is 39.9 Å². The van der Waals surface area contributed by atoms with E-state index < -0.39 is 17.0 Å². The van der Waals surface area contributed by atoms with E-state index in [1.54, 1.807) is 4.90 Å². The zero-order valence-corrected chi connectivity index (χ0v) is 18.5. The van der Waals surface area contributed by atoms with Gasteiger partial charge in [0.05, 0.1) is 26.6 Å². The first kappa shape index (κ1) is 24.1. The molecule has 9 nitrogen and oxygen atoms in total. The second-order valence-electron chi connectivity index (χ2n) is 7.86. The van der Waals surface area contributed by atoms with Gasteiger partial charge in [0.25, 0.3) is 5.56 Å². The second kappa shape index (κ2) is 10.7. The van der Waals surface area contributed by atoms with Crippen molar-refractivity contribution >= 4 is 17.6 Å². The predicted molar refractivity (Wildman–Crippen MR) is 118 cm³/mol. The molecule has 168 valence electrons. The van der Waals surface area contributed by atoms with Gasteiger partial charge < -0.3 is 10.5 Å². The maximum atomic E-state index is 13.1. The Bertz CT molecular complexity index is 1040. The Kier molecular flexibility index (Phi) is 8.32. The van der Waals surface area contributed by atoms with E-state index in [1.165, 1.54) is 18.7 Å². The molecule has 0 unspecified atom stereocenters. The molecule has 1 aromatic carbocycles. The number of rotatable bonds is 10. The normalized spacial score (nSPS) is 11.2. The standard InChI is InChI=1S/C22H30N4O5/c1-15(2)12-25(11-10-18(28)31-4)14-17(27)19-20(23)26(22(30)24(3)21(19)29)13-16-8-6-5-7-9-16/h5-9,15H,10-14,23H2,1-4H3. The summed E-state index contributed by atoms with van der Waals surface area (Å²) in [6, 6.07) is 9.17. The molecule has 0 bridgehead atoms. The Morgan fingerprint density at radius 3 is 2.39 bits per heavy atom. The third kappa shape index (κ3) is 6.14. The number of hydrogen-bond donors (Lipinski definition) is 1. The van der Waals surface area contributed by atoms with Crippen molar-refractivity contribution in [2.24, 2.45) is 13.0 Å². The molecule has 1 heterocycles. The Morgan fingerprint density at radius 2 is 1.81 bits per heavy atom. The van der Waals surface area contributed by atoms with Gasteiger partial charge in [-0.15, -0.1) is 0 Å². The van der Waals surface area contributed by atoms with Crippen LogP contribution in [-0.4, -0.2) is 52.5 Å². The smallest absolute Gasteiger partial charge is 0.332 e. The fourth-order valence-electron chi connectivity index (χ4n) is 3.35. The van der Waals surface area contributed by atoms with Gasteiger partial charge in [-0.3, -0.25) is 28.4 Å². The van der Waals surface area contributed by atoms with Crippen LogP contribution in [0.25, 0.3) is 0 Å². The van der Waals surface area contributed by atoms with Crippen molar-refractivity contribution < 1.29 is 14.3 Å². The number of anilines is 1. The first-order valence-electron chi connectivity index (χ1n) is 10.1. The summed E-state index contributed by atoms with van der Waals surface area (Å²) in [7, 11) is 2.63. The maximum absolute atomic E-state index is 13.1. The average Bonchev–Trinajstić information content (AvgIpc) is 2.73. The molecule has 31 heavy (non-hydrogen) atoms. The van der Waals surface area contributed by atoms with Gasteiger partial charge in [-0.1, -0.05) is 44.2 Å². The van der Waals surface area contributed by atoms with E-state index in [4.69, 9.17) is 5.73 Å². The minimum absolute atomic E-state index is 0.0991. The van der Waals surface area contributed by atoms with Gasteiger partial charge in [0.1, 0.15) is 11.4 Å². The summed E-state index contributed by atoms with van der Waals surface area (Å²) in [4.78, 5) is 51.8. The van der Waals surface area contributed by atoms with Crippen LogP contribution in [0.3, 0.4) is 0 Å². The quantitative estimate of drug-likeness (QED) is 0.439. The van der Waals surface area contributed by atoms with Crippen LogP contribution >= 0.6 is 0 Å². The first-order chi connectivity index (χ1) is 14.6. The number of nitrogens with two attached hydrogens (primary N) is 1. The van der Waals surface area contributed by atoms with Crippen molar-refractivity contribution in [3.63, 3.8) is 0 Å². The number of aromatic nitrogens is 2. The topological polar surface area (TPSA) is 117 Å². The van der Waals surface area contributed by atoms with Gasteiger partial charge in [-0.2, -0.15) is 0 Å². The molecule has 1 aromatic heterocycles. The van der Waals surface area contributed by atoms with Crippen LogP contribution in [0.5, 0.6) is 0 Å². The van der Waals surface area contributed by atoms with Crippen LogP contribution in [0.1, 0.15) is 36.2 Å². The summed E-state index contributed by atoms with van der Waals surface area (Å²) in [5, 5.41) is 0. The molecular weight excluding hydrogens is 400 g/mol. The highest BCUT2D eigenvalue weighted by Gasteiger charge is 2.24. The minimum Gasteiger partial charge on any atom is -0.469 e. The molecule has 0 saturated heterocycles. The third-order valence-corrected chi connectivity index (χ3v) is 4.90. The average molecular weight is 431 g/mol. The third-order valence-electron chi connectivity index (χ3n) is 4.90. The SMILES string of the molecule is COC(=O)CCN(CC(=O)c1c(N)n(Cc2ccccc2)c(=O)n(C)c1=O)CC(C)C. The van der Waals surface area contributed by atoms with Crippen LogP contribution in [-0.2, 0) is 23.1 Å². The molecule has 0 radical (unpaired) electrons. The predicted octanol–water partition coefficient (Wildman–Crippen LogP) is 0.881. The van der Waals surface area contributed by atoms with Crippen molar-refractivity contribution in [3.8, 4) is 0 Å². The molecule has 2 rings (SSSR count). The molecule has 0 saturated carbocycles. The van der Waals surface area contributed by atoms with Crippen molar-refractivity contribution in [1.82, 2.24) is 14.0 Å². The summed E-state index contributed by atoms with van der Waals surface area (Å²) in [5.41, 5.74) is 5.44. The lowest BCUT2D eigenvalue weighted by atomic mass is 10.1. The fraction of sp³-hybridized carbons (Fsp3) is 0.455. The van der Waals surface area contributed by atoms with Crippen molar-refractivity contribution in [3.05, 3.63) is 62.3 Å². The molecule has 0 aliphatic carbocycles. The van der Waals surface area contributed by atoms with Gasteiger partial charge in [-0.05, 0) is 11.5 Å². The molecular formula is C22H30N4O5. The number of carbonyl (C=O) groups is 2. The van der Waals surface area contributed by atoms with Crippen LogP contribution in [0.4, 0.5) is 5.82 Å². The number of benzene rings is 1. The van der Waals surface area contributed by atoms with Crippen LogP contribution in [0, 0.1) is 5.92 Å². The molecule has 0 aliphatic heterocycles. The van der Waals surface area contributed by atoms with Gasteiger partial charge in [-0.25, -0.2) is 4.79 Å². The number of ether oxygens (including phenoxy) is 1. The van der Waals surface area contributed by atoms with Gasteiger partial charge >= 0.3 is 11.7 Å². The van der Waals surface area contributed by atoms with Gasteiger partial charge in [0.2, 0.25) is 0 Å². The lowest BCUT2D eigenvalue weighted by Crippen LogP contribution is -2.44. The van der Waals surface area contributed by atoms with Crippen molar-refractivity contribution in [2.45, 2.75) is 26.8 Å². The lowest BCUT2D eigenvalue weighted by molar-refractivity contribution is -0.141. The molecule has 0 amide bonds. The van der Waals surface area contributed by atoms with Crippen LogP contribution < -0.4 is 17.0 Å². The maximum Gasteiger partial charge on any atom is 0.332 e. The number of methoxy groups -OCH3 is 1. The van der Waals surface area contributed by atoms with E-state index in [2.05, 4.69) is 4.74 Å². The number of Topliss-reactive ketones (excluding diaryl/α,β-unsaturated/α-hetero) is 1. The Hall–Kier alpha value is -3.20. The Labute approximate surface area is 181 Å². The number of hydrogen-bond acceptors (Lipinski definition) is 7. The summed E-state index contributed by atoms with van der Waals surface area (Å²) in [6.07, 6.45) is 0.123. The molecule has 9 heteroatoms. The zero-order chi connectivity index (χ0) is 23.1. The zero-order valence-electron chi connectivity index (χ0n) is 18.5. The second-order valence-corrected chi connectivity index (χ2v) is 7.86. The summed E-state index contributed by atoms with van der Waals surface area (Å²) in [6.45, 7) is 4.87. The summed E-state index contributed by atoms with van der Waals surface area (Å²) < 4.78 is 6.80. The highest BCUT2D eigenvalue weighted by atomic mass is 16.5. The molecule has 2 N–H and O–H groups in total. The molecule has 0 aliphatic rings. The van der Waals surface area contributed by atoms with E-state index in [-0.39, 0.29) is 42.8 Å². The number of carbonyl (C=O) groups excluding carboxylic acids is 2. The Balaban J connectivity index is 2.38. The number of ketones is 1. The molecule has 0 spiro atoms. The van der Waals surface area contributed by atoms with E-state index >= 15 is 0 Å². The molecule has 0 atom stereocenters. The largest absolute Gasteiger partial charge is 0.469 e. The summed E-state index contributed by atoms with van der Waals surface area (Å²) >= 11 is 0. The lowest BCUT2D eigenvalue weighted by Gasteiger charge is -2.23. The molecule has 0 fully saturated rings. The first-order valence-corrected chi connectivity index (χ1v) is 10.1. The highest BCUT2D eigenvalue weighted by Crippen LogP contribution is 2.11. The van der Waals surface area contributed by atoms with E-state index in [0.29, 0.717) is 13.1 Å². The van der Waals surface area contributed by atoms with E-state index in [1.807, 2.05) is 44.2 Å². The van der Waals surface area contributed by atoms with Crippen molar-refractivity contribution in [2.75, 3.05) is 32.5 Å². The van der Waals surface area contributed by atoms with E-state index in [0.717, 1.165) is 10.1 Å². The number of nitrogen functional groups attached to an aromatic ring is 1. The van der Waals surface area contributed by atoms with Gasteiger partial charge in [0, 0.05) is 20.1 Å². The van der Waals surface area contributed by atoms with E-state index in [9.17, 15) is 19.2 Å². The van der Waals surface area contributed by atoms with Crippen molar-refractivity contribution in [1.29, 1.82) is 0 Å². The van der Waals surface area contributed by atoms with Gasteiger partial charge in [0.15, 0.2) is 5.78 Å². The summed E-state index contributed by atoms with van der Waals surface area (Å²) in [5.74, 6) is -0.796. The number of nitrogens with zero attached hydrogens (tertiary/aromatic N) is 3. The Morgan fingerprint density at radius 1 is 1.16 bits per heavy atom. The highest BCUT2D eigenvalue weighted by molar-refractivity contribution is 6.01. The molecule has 2 aromatic rings. The monoisotopic (exact) mass is 430 g/mol.